The Balaban J connectivity index is 2.15. The molecular formula is C17H18N4O2. The largest absolute Gasteiger partial charge is 0.465 e. The van der Waals surface area contributed by atoms with Crippen molar-refractivity contribution in [2.45, 2.75) is 26.2 Å². The molecule has 0 bridgehead atoms. The molecule has 6 heteroatoms. The summed E-state index contributed by atoms with van der Waals surface area (Å²) < 4.78 is 1.61. The lowest BCUT2D eigenvalue weighted by atomic mass is 9.92. The molecule has 0 fully saturated rings. The van der Waals surface area contributed by atoms with Crippen LogP contribution in [-0.2, 0) is 5.41 Å². The Hall–Kier alpha value is -2.89. The molecule has 2 aromatic heterocycles. The van der Waals surface area contributed by atoms with E-state index in [0.29, 0.717) is 5.82 Å². The molecule has 0 aliphatic rings. The number of fused-ring (bicyclic) bond motifs is 1. The third kappa shape index (κ3) is 3.01. The highest BCUT2D eigenvalue weighted by molar-refractivity contribution is 5.83. The van der Waals surface area contributed by atoms with Crippen LogP contribution in [0, 0.1) is 0 Å². The van der Waals surface area contributed by atoms with Gasteiger partial charge in [0.15, 0.2) is 0 Å². The minimum absolute atomic E-state index is 0.182. The normalized spacial score (nSPS) is 11.6. The summed E-state index contributed by atoms with van der Waals surface area (Å²) in [5.74, 6) is 0.422. The number of hydrogen-bond donors (Lipinski definition) is 2. The average molecular weight is 310 g/mol. The van der Waals surface area contributed by atoms with E-state index in [0.717, 1.165) is 22.3 Å². The highest BCUT2D eigenvalue weighted by atomic mass is 16.4. The quantitative estimate of drug-likeness (QED) is 0.754. The molecule has 0 radical (unpaired) electrons. The van der Waals surface area contributed by atoms with E-state index in [9.17, 15) is 4.79 Å². The molecular weight excluding hydrogens is 292 g/mol. The lowest BCUT2D eigenvalue weighted by Gasteiger charge is -2.14. The first-order chi connectivity index (χ1) is 10.8. The molecule has 0 aliphatic heterocycles. The second-order valence-electron chi connectivity index (χ2n) is 6.39. The average Bonchev–Trinajstić information content (AvgIpc) is 2.90. The van der Waals surface area contributed by atoms with Crippen molar-refractivity contribution in [3.8, 4) is 5.69 Å². The van der Waals surface area contributed by atoms with Crippen molar-refractivity contribution in [3.05, 3.63) is 48.3 Å². The van der Waals surface area contributed by atoms with Crippen LogP contribution < -0.4 is 5.32 Å². The molecule has 1 aromatic carbocycles. The Bertz CT molecular complexity index is 878. The van der Waals surface area contributed by atoms with Crippen molar-refractivity contribution in [2.24, 2.45) is 0 Å². The maximum Gasteiger partial charge on any atom is 0.410 e. The van der Waals surface area contributed by atoms with Gasteiger partial charge in [0.2, 0.25) is 0 Å². The fourth-order valence-corrected chi connectivity index (χ4v) is 2.34. The molecule has 2 N–H and O–H groups in total. The lowest BCUT2D eigenvalue weighted by molar-refractivity contribution is 0.209. The van der Waals surface area contributed by atoms with E-state index in [2.05, 4.69) is 15.4 Å². The van der Waals surface area contributed by atoms with Gasteiger partial charge >= 0.3 is 6.09 Å². The van der Waals surface area contributed by atoms with Crippen LogP contribution in [0.4, 0.5) is 10.6 Å². The van der Waals surface area contributed by atoms with E-state index in [1.807, 2.05) is 51.1 Å². The number of anilines is 1. The SMILES string of the molecule is CC(C)(C)c1cc(NC(=O)O)n(-c2ccc3ncccc3c2)n1. The third-order valence-electron chi connectivity index (χ3n) is 3.54. The minimum Gasteiger partial charge on any atom is -0.465 e. The van der Waals surface area contributed by atoms with E-state index in [-0.39, 0.29) is 5.41 Å². The fourth-order valence-electron chi connectivity index (χ4n) is 2.34. The molecule has 0 unspecified atom stereocenters. The van der Waals surface area contributed by atoms with Crippen LogP contribution in [0.5, 0.6) is 0 Å². The zero-order valence-corrected chi connectivity index (χ0v) is 13.2. The molecule has 118 valence electrons. The Morgan fingerprint density at radius 1 is 1.22 bits per heavy atom. The molecule has 0 atom stereocenters. The number of amides is 1. The number of carbonyl (C=O) groups is 1. The van der Waals surface area contributed by atoms with Crippen molar-refractivity contribution in [1.82, 2.24) is 14.8 Å². The van der Waals surface area contributed by atoms with Gasteiger partial charge in [-0.2, -0.15) is 5.10 Å². The van der Waals surface area contributed by atoms with Crippen LogP contribution in [0.1, 0.15) is 26.5 Å². The smallest absolute Gasteiger partial charge is 0.410 e. The third-order valence-corrected chi connectivity index (χ3v) is 3.54. The van der Waals surface area contributed by atoms with Crippen LogP contribution in [0.15, 0.2) is 42.6 Å². The molecule has 1 amide bonds. The Kier molecular flexibility index (Phi) is 3.52. The van der Waals surface area contributed by atoms with Crippen molar-refractivity contribution >= 4 is 22.8 Å². The summed E-state index contributed by atoms with van der Waals surface area (Å²) in [5, 5.41) is 17.0. The first kappa shape index (κ1) is 15.0. The van der Waals surface area contributed by atoms with Crippen LogP contribution in [-0.4, -0.2) is 26.0 Å². The molecule has 0 aliphatic carbocycles. The van der Waals surface area contributed by atoms with Crippen molar-refractivity contribution in [2.75, 3.05) is 5.32 Å². The summed E-state index contributed by atoms with van der Waals surface area (Å²) in [7, 11) is 0. The summed E-state index contributed by atoms with van der Waals surface area (Å²) in [5.41, 5.74) is 2.29. The zero-order chi connectivity index (χ0) is 16.6. The second kappa shape index (κ2) is 5.39. The predicted octanol–water partition coefficient (Wildman–Crippen LogP) is 3.81. The monoisotopic (exact) mass is 310 g/mol. The molecule has 0 saturated heterocycles. The number of hydrogen-bond acceptors (Lipinski definition) is 3. The van der Waals surface area contributed by atoms with Crippen LogP contribution in [0.2, 0.25) is 0 Å². The number of nitrogens with one attached hydrogen (secondary N) is 1. The number of rotatable bonds is 2. The Morgan fingerprint density at radius 3 is 2.70 bits per heavy atom. The van der Waals surface area contributed by atoms with Gasteiger partial charge < -0.3 is 5.11 Å². The van der Waals surface area contributed by atoms with Crippen molar-refractivity contribution in [3.63, 3.8) is 0 Å². The number of pyridine rings is 1. The van der Waals surface area contributed by atoms with Crippen LogP contribution in [0.25, 0.3) is 16.6 Å². The van der Waals surface area contributed by atoms with Gasteiger partial charge in [-0.25, -0.2) is 9.48 Å². The summed E-state index contributed by atoms with van der Waals surface area (Å²) in [4.78, 5) is 15.4. The Morgan fingerprint density at radius 2 is 2.00 bits per heavy atom. The molecule has 2 heterocycles. The van der Waals surface area contributed by atoms with Gasteiger partial charge in [0.25, 0.3) is 0 Å². The topological polar surface area (TPSA) is 80.0 Å². The van der Waals surface area contributed by atoms with E-state index in [4.69, 9.17) is 5.11 Å². The highest BCUT2D eigenvalue weighted by Crippen LogP contribution is 2.27. The second-order valence-corrected chi connectivity index (χ2v) is 6.39. The van der Waals surface area contributed by atoms with Gasteiger partial charge in [-0.05, 0) is 24.3 Å². The number of aromatic nitrogens is 3. The number of nitrogens with zero attached hydrogens (tertiary/aromatic N) is 3. The zero-order valence-electron chi connectivity index (χ0n) is 13.2. The van der Waals surface area contributed by atoms with E-state index >= 15 is 0 Å². The van der Waals surface area contributed by atoms with E-state index in [1.54, 1.807) is 16.9 Å². The summed E-state index contributed by atoms with van der Waals surface area (Å²) in [6, 6.07) is 11.3. The number of carboxylic acid groups (broad SMARTS) is 1. The van der Waals surface area contributed by atoms with Crippen LogP contribution in [0.3, 0.4) is 0 Å². The van der Waals surface area contributed by atoms with Gasteiger partial charge in [-0.15, -0.1) is 0 Å². The standard InChI is InChI=1S/C17H18N4O2/c1-17(2,3)14-10-15(19-16(22)23)21(20-14)12-6-7-13-11(9-12)5-4-8-18-13/h4-10,19H,1-3H3,(H,22,23). The molecule has 0 saturated carbocycles. The first-order valence-corrected chi connectivity index (χ1v) is 7.30. The van der Waals surface area contributed by atoms with Gasteiger partial charge in [0.05, 0.1) is 16.9 Å². The maximum absolute atomic E-state index is 11.1. The number of benzene rings is 1. The van der Waals surface area contributed by atoms with Gasteiger partial charge in [-0.3, -0.25) is 10.3 Å². The van der Waals surface area contributed by atoms with Crippen molar-refractivity contribution < 1.29 is 9.90 Å². The van der Waals surface area contributed by atoms with Crippen LogP contribution >= 0.6 is 0 Å². The van der Waals surface area contributed by atoms with Gasteiger partial charge in [-0.1, -0.05) is 26.8 Å². The van der Waals surface area contributed by atoms with Gasteiger partial charge in [0, 0.05) is 23.1 Å². The predicted molar refractivity (Wildman–Crippen MR) is 89.2 cm³/mol. The minimum atomic E-state index is -1.12. The molecule has 3 aromatic rings. The summed E-state index contributed by atoms with van der Waals surface area (Å²) in [6.45, 7) is 6.11. The lowest BCUT2D eigenvalue weighted by Crippen LogP contribution is -2.13. The maximum atomic E-state index is 11.1. The molecule has 3 rings (SSSR count). The van der Waals surface area contributed by atoms with E-state index < -0.39 is 6.09 Å². The molecule has 0 spiro atoms. The highest BCUT2D eigenvalue weighted by Gasteiger charge is 2.21. The Labute approximate surface area is 133 Å². The van der Waals surface area contributed by atoms with Crippen molar-refractivity contribution in [1.29, 1.82) is 0 Å². The molecule has 6 nitrogen and oxygen atoms in total. The van der Waals surface area contributed by atoms with E-state index in [1.165, 1.54) is 0 Å². The van der Waals surface area contributed by atoms with Gasteiger partial charge in [0.1, 0.15) is 5.82 Å². The first-order valence-electron chi connectivity index (χ1n) is 7.30. The molecule has 23 heavy (non-hydrogen) atoms. The summed E-state index contributed by atoms with van der Waals surface area (Å²) in [6.07, 6.45) is 0.625. The summed E-state index contributed by atoms with van der Waals surface area (Å²) >= 11 is 0. The fraction of sp³-hybridized carbons (Fsp3) is 0.235.